The standard InChI is InChI=1S/C14H16ClN5O3S/c1-2-22-10-4-8(3-9(15)13(10)23-6-12(17)21)5-18-20-14-19-11(16)7-24-14/h3-5,7H,2,6,16H2,1H3,(H2,17,21)(H,19,20). The molecule has 8 nitrogen and oxygen atoms in total. The number of carbonyl (C=O) groups excluding carboxylic acids is 1. The van der Waals surface area contributed by atoms with Gasteiger partial charge in [-0.25, -0.2) is 4.98 Å². The Hall–Kier alpha value is -2.52. The first-order valence-electron chi connectivity index (χ1n) is 6.87. The molecule has 0 aliphatic heterocycles. The zero-order chi connectivity index (χ0) is 17.5. The predicted molar refractivity (Wildman–Crippen MR) is 95.1 cm³/mol. The molecule has 0 aliphatic carbocycles. The summed E-state index contributed by atoms with van der Waals surface area (Å²) >= 11 is 7.52. The highest BCUT2D eigenvalue weighted by Crippen LogP contribution is 2.36. The lowest BCUT2D eigenvalue weighted by molar-refractivity contribution is -0.119. The van der Waals surface area contributed by atoms with Gasteiger partial charge < -0.3 is 20.9 Å². The number of nitrogens with zero attached hydrogens (tertiary/aromatic N) is 2. The van der Waals surface area contributed by atoms with Crippen molar-refractivity contribution in [3.05, 3.63) is 28.1 Å². The van der Waals surface area contributed by atoms with E-state index >= 15 is 0 Å². The van der Waals surface area contributed by atoms with Crippen LogP contribution in [0.15, 0.2) is 22.6 Å². The van der Waals surface area contributed by atoms with Crippen molar-refractivity contribution in [1.29, 1.82) is 0 Å². The van der Waals surface area contributed by atoms with E-state index in [-0.39, 0.29) is 17.4 Å². The van der Waals surface area contributed by atoms with Crippen LogP contribution in [0.5, 0.6) is 11.5 Å². The van der Waals surface area contributed by atoms with E-state index in [0.717, 1.165) is 0 Å². The number of nitrogens with two attached hydrogens (primary N) is 2. The maximum Gasteiger partial charge on any atom is 0.255 e. The lowest BCUT2D eigenvalue weighted by Gasteiger charge is -2.13. The second-order valence-electron chi connectivity index (χ2n) is 4.47. The minimum atomic E-state index is -0.605. The third kappa shape index (κ3) is 5.00. The number of hydrazone groups is 1. The average molecular weight is 370 g/mol. The molecule has 0 fully saturated rings. The van der Waals surface area contributed by atoms with Crippen LogP contribution in [-0.4, -0.2) is 30.3 Å². The van der Waals surface area contributed by atoms with E-state index in [2.05, 4.69) is 15.5 Å². The van der Waals surface area contributed by atoms with Crippen LogP contribution < -0.4 is 26.4 Å². The van der Waals surface area contributed by atoms with Crippen molar-refractivity contribution in [3.63, 3.8) is 0 Å². The molecule has 24 heavy (non-hydrogen) atoms. The highest BCUT2D eigenvalue weighted by atomic mass is 35.5. The Kier molecular flexibility index (Phi) is 6.21. The van der Waals surface area contributed by atoms with Crippen molar-refractivity contribution in [2.24, 2.45) is 10.8 Å². The summed E-state index contributed by atoms with van der Waals surface area (Å²) in [6.07, 6.45) is 1.55. The third-order valence-corrected chi connectivity index (χ3v) is 3.63. The van der Waals surface area contributed by atoms with E-state index in [4.69, 9.17) is 32.5 Å². The number of nitrogens with one attached hydrogen (secondary N) is 1. The van der Waals surface area contributed by atoms with Gasteiger partial charge in [-0.2, -0.15) is 5.10 Å². The molecule has 0 saturated carbocycles. The second kappa shape index (κ2) is 8.37. The first kappa shape index (κ1) is 17.8. The van der Waals surface area contributed by atoms with Crippen molar-refractivity contribution in [1.82, 2.24) is 4.98 Å². The molecule has 0 radical (unpaired) electrons. The molecule has 1 amide bonds. The molecule has 0 aliphatic rings. The number of benzene rings is 1. The molecule has 5 N–H and O–H groups in total. The lowest BCUT2D eigenvalue weighted by Crippen LogP contribution is -2.20. The fraction of sp³-hybridized carbons (Fsp3) is 0.214. The van der Waals surface area contributed by atoms with Crippen LogP contribution >= 0.6 is 22.9 Å². The number of halogens is 1. The van der Waals surface area contributed by atoms with Gasteiger partial charge in [0.25, 0.3) is 5.91 Å². The van der Waals surface area contributed by atoms with E-state index in [1.54, 1.807) is 23.7 Å². The molecule has 1 heterocycles. The summed E-state index contributed by atoms with van der Waals surface area (Å²) in [6.45, 7) is 1.93. The van der Waals surface area contributed by atoms with Crippen LogP contribution in [0.1, 0.15) is 12.5 Å². The lowest BCUT2D eigenvalue weighted by atomic mass is 10.2. The maximum absolute atomic E-state index is 10.9. The summed E-state index contributed by atoms with van der Waals surface area (Å²) < 4.78 is 10.8. The molecule has 128 valence electrons. The Balaban J connectivity index is 2.16. The van der Waals surface area contributed by atoms with E-state index in [1.165, 1.54) is 11.3 Å². The number of hydrogen-bond acceptors (Lipinski definition) is 8. The van der Waals surface area contributed by atoms with E-state index in [1.807, 2.05) is 6.92 Å². The fourth-order valence-corrected chi connectivity index (χ4v) is 2.53. The van der Waals surface area contributed by atoms with Crippen molar-refractivity contribution >= 4 is 46.0 Å². The summed E-state index contributed by atoms with van der Waals surface area (Å²) in [7, 11) is 0. The quantitative estimate of drug-likeness (QED) is 0.483. The van der Waals surface area contributed by atoms with Gasteiger partial charge in [-0.1, -0.05) is 11.6 Å². The van der Waals surface area contributed by atoms with E-state index < -0.39 is 5.91 Å². The number of thiazole rings is 1. The molecule has 0 spiro atoms. The van der Waals surface area contributed by atoms with Gasteiger partial charge >= 0.3 is 0 Å². The molecule has 0 atom stereocenters. The van der Waals surface area contributed by atoms with Crippen molar-refractivity contribution in [2.75, 3.05) is 24.4 Å². The number of primary amides is 1. The third-order valence-electron chi connectivity index (χ3n) is 2.59. The molecule has 0 bridgehead atoms. The maximum atomic E-state index is 10.9. The molecule has 1 aromatic carbocycles. The van der Waals surface area contributed by atoms with Crippen LogP contribution in [0, 0.1) is 0 Å². The van der Waals surface area contributed by atoms with Crippen LogP contribution in [0.3, 0.4) is 0 Å². The largest absolute Gasteiger partial charge is 0.490 e. The Labute approximate surface area is 147 Å². The number of rotatable bonds is 8. The number of hydrogen-bond donors (Lipinski definition) is 3. The Bertz CT molecular complexity index is 750. The predicted octanol–water partition coefficient (Wildman–Crippen LogP) is 2.09. The first-order chi connectivity index (χ1) is 11.5. The summed E-state index contributed by atoms with van der Waals surface area (Å²) in [5, 5.41) is 6.61. The normalized spacial score (nSPS) is 10.8. The second-order valence-corrected chi connectivity index (χ2v) is 5.73. The van der Waals surface area contributed by atoms with Gasteiger partial charge in [0.2, 0.25) is 5.13 Å². The van der Waals surface area contributed by atoms with Gasteiger partial charge in [0, 0.05) is 5.38 Å². The van der Waals surface area contributed by atoms with Crippen LogP contribution in [0.25, 0.3) is 0 Å². The first-order valence-corrected chi connectivity index (χ1v) is 8.13. The zero-order valence-electron chi connectivity index (χ0n) is 12.8. The van der Waals surface area contributed by atoms with Crippen molar-refractivity contribution < 1.29 is 14.3 Å². The van der Waals surface area contributed by atoms with Gasteiger partial charge in [-0.05, 0) is 24.6 Å². The van der Waals surface area contributed by atoms with Crippen molar-refractivity contribution in [2.45, 2.75) is 6.92 Å². The van der Waals surface area contributed by atoms with Gasteiger partial charge in [0.15, 0.2) is 18.1 Å². The molecular formula is C14H16ClN5O3S. The fourth-order valence-electron chi connectivity index (χ4n) is 1.71. The van der Waals surface area contributed by atoms with E-state index in [0.29, 0.717) is 28.9 Å². The Morgan fingerprint density at radius 3 is 2.92 bits per heavy atom. The summed E-state index contributed by atoms with van der Waals surface area (Å²) in [4.78, 5) is 14.9. The smallest absolute Gasteiger partial charge is 0.255 e. The minimum Gasteiger partial charge on any atom is -0.490 e. The minimum absolute atomic E-state index is 0.259. The van der Waals surface area contributed by atoms with E-state index in [9.17, 15) is 4.79 Å². The molecule has 0 unspecified atom stereocenters. The van der Waals surface area contributed by atoms with Crippen LogP contribution in [-0.2, 0) is 4.79 Å². The van der Waals surface area contributed by atoms with Gasteiger partial charge in [0.05, 0.1) is 17.8 Å². The Morgan fingerprint density at radius 2 is 2.29 bits per heavy atom. The molecule has 1 aromatic heterocycles. The van der Waals surface area contributed by atoms with Gasteiger partial charge in [-0.3, -0.25) is 10.2 Å². The number of carbonyl (C=O) groups is 1. The number of amides is 1. The molecule has 10 heteroatoms. The monoisotopic (exact) mass is 369 g/mol. The Morgan fingerprint density at radius 1 is 1.50 bits per heavy atom. The SMILES string of the molecule is CCOc1cc(C=NNc2nc(N)cs2)cc(Cl)c1OCC(N)=O. The van der Waals surface area contributed by atoms with Crippen LogP contribution in [0.2, 0.25) is 5.02 Å². The summed E-state index contributed by atoms with van der Waals surface area (Å²) in [5.41, 5.74) is 14.0. The number of anilines is 2. The molecular weight excluding hydrogens is 354 g/mol. The molecule has 0 saturated heterocycles. The topological polar surface area (TPSA) is 125 Å². The molecule has 2 rings (SSSR count). The zero-order valence-corrected chi connectivity index (χ0v) is 14.4. The van der Waals surface area contributed by atoms with Crippen molar-refractivity contribution in [3.8, 4) is 11.5 Å². The summed E-state index contributed by atoms with van der Waals surface area (Å²) in [6, 6.07) is 3.31. The highest BCUT2D eigenvalue weighted by Gasteiger charge is 2.13. The molecule has 2 aromatic rings. The number of ether oxygens (including phenoxy) is 2. The van der Waals surface area contributed by atoms with Gasteiger partial charge in [0.1, 0.15) is 5.82 Å². The number of aromatic nitrogens is 1. The average Bonchev–Trinajstić information content (AvgIpc) is 2.92. The summed E-state index contributed by atoms with van der Waals surface area (Å²) in [5.74, 6) is 0.475. The van der Waals surface area contributed by atoms with Gasteiger partial charge in [-0.15, -0.1) is 11.3 Å². The van der Waals surface area contributed by atoms with Crippen LogP contribution in [0.4, 0.5) is 10.9 Å². The number of nitrogen functional groups attached to an aromatic ring is 1. The highest BCUT2D eigenvalue weighted by molar-refractivity contribution is 7.14.